The second kappa shape index (κ2) is 8.29. The lowest BCUT2D eigenvalue weighted by molar-refractivity contribution is 0.434. The predicted molar refractivity (Wildman–Crippen MR) is 121 cm³/mol. The highest BCUT2D eigenvalue weighted by Crippen LogP contribution is 2.30. The van der Waals surface area contributed by atoms with E-state index >= 15 is 0 Å². The Morgan fingerprint density at radius 1 is 1.03 bits per heavy atom. The Morgan fingerprint density at radius 2 is 1.68 bits per heavy atom. The molecule has 0 aliphatic carbocycles. The number of benzene rings is 2. The molecule has 0 radical (unpaired) electrons. The van der Waals surface area contributed by atoms with Gasteiger partial charge in [0.25, 0.3) is 0 Å². The summed E-state index contributed by atoms with van der Waals surface area (Å²) in [7, 11) is -0.847. The molecule has 31 heavy (non-hydrogen) atoms. The summed E-state index contributed by atoms with van der Waals surface area (Å²) in [6, 6.07) is 16.8. The minimum Gasteiger partial charge on any atom is -0.382 e. The number of nitrogens with two attached hydrogens (primary N) is 2. The summed E-state index contributed by atoms with van der Waals surface area (Å²) < 4.78 is 21.9. The molecule has 0 fully saturated rings. The average Bonchev–Trinajstić information content (AvgIpc) is 3.29. The molecule has 158 valence electrons. The lowest BCUT2D eigenvalue weighted by Crippen LogP contribution is -1.99. The van der Waals surface area contributed by atoms with Crippen molar-refractivity contribution in [1.82, 2.24) is 15.1 Å². The third kappa shape index (κ3) is 4.18. The number of hydrogen-bond donors (Lipinski definition) is 2. The summed E-state index contributed by atoms with van der Waals surface area (Å²) in [5.41, 5.74) is 16.1. The molecule has 0 aliphatic heterocycles. The van der Waals surface area contributed by atoms with E-state index in [1.54, 1.807) is 37.7 Å². The van der Waals surface area contributed by atoms with Crippen LogP contribution in [0.5, 0.6) is 0 Å². The molecule has 8 nitrogen and oxygen atoms in total. The molecule has 2 heterocycles. The summed E-state index contributed by atoms with van der Waals surface area (Å²) in [5.74, 6) is 0.658. The van der Waals surface area contributed by atoms with Crippen LogP contribution in [-0.2, 0) is 16.3 Å². The largest absolute Gasteiger partial charge is 0.382 e. The van der Waals surface area contributed by atoms with Gasteiger partial charge in [-0.2, -0.15) is 0 Å². The molecule has 4 rings (SSSR count). The molecule has 2 aromatic heterocycles. The highest BCUT2D eigenvalue weighted by atomic mass is 32.2. The standard InChI is InChI=1S/C22H22N6O2S/c1-25-31(2,29)17-9-7-16(8-10-17)19-13-26-22(24)21(27-19)20-11-18(28-30-20)15-5-3-14(12-23)4-6-15/h3-11,13H,12,23H2,1-2H3,(H2,24,26). The monoisotopic (exact) mass is 434 g/mol. The van der Waals surface area contributed by atoms with Crippen LogP contribution in [-0.4, -0.2) is 32.6 Å². The molecule has 0 saturated heterocycles. The molecule has 0 saturated carbocycles. The number of hydrogen-bond acceptors (Lipinski definition) is 8. The lowest BCUT2D eigenvalue weighted by Gasteiger charge is -2.07. The number of aromatic nitrogens is 3. The van der Waals surface area contributed by atoms with Crippen LogP contribution in [0.3, 0.4) is 0 Å². The maximum atomic E-state index is 12.4. The lowest BCUT2D eigenvalue weighted by atomic mass is 10.1. The average molecular weight is 435 g/mol. The van der Waals surface area contributed by atoms with E-state index in [4.69, 9.17) is 16.0 Å². The normalized spacial score (nSPS) is 13.0. The van der Waals surface area contributed by atoms with Crippen molar-refractivity contribution in [3.05, 3.63) is 66.4 Å². The second-order valence-electron chi connectivity index (χ2n) is 6.98. The topological polar surface area (TPSA) is 133 Å². The number of anilines is 1. The van der Waals surface area contributed by atoms with Gasteiger partial charge in [-0.3, -0.25) is 0 Å². The first-order valence-electron chi connectivity index (χ1n) is 9.51. The first-order chi connectivity index (χ1) is 14.9. The van der Waals surface area contributed by atoms with Crippen molar-refractivity contribution in [2.75, 3.05) is 19.0 Å². The smallest absolute Gasteiger partial charge is 0.189 e. The van der Waals surface area contributed by atoms with Gasteiger partial charge in [-0.15, -0.1) is 0 Å². The van der Waals surface area contributed by atoms with Crippen LogP contribution in [0, 0.1) is 0 Å². The number of rotatable bonds is 5. The molecule has 0 aliphatic rings. The summed E-state index contributed by atoms with van der Waals surface area (Å²) >= 11 is 0. The van der Waals surface area contributed by atoms with Gasteiger partial charge in [0.15, 0.2) is 17.3 Å². The van der Waals surface area contributed by atoms with Gasteiger partial charge >= 0.3 is 0 Å². The molecule has 4 N–H and O–H groups in total. The Bertz CT molecular complexity index is 1340. The minimum atomic E-state index is -2.39. The van der Waals surface area contributed by atoms with Gasteiger partial charge in [-0.05, 0) is 17.7 Å². The Morgan fingerprint density at radius 3 is 2.32 bits per heavy atom. The Hall–Kier alpha value is -3.56. The van der Waals surface area contributed by atoms with Gasteiger partial charge in [-0.1, -0.05) is 41.6 Å². The van der Waals surface area contributed by atoms with Crippen LogP contribution in [0.4, 0.5) is 5.82 Å². The Kier molecular flexibility index (Phi) is 5.53. The van der Waals surface area contributed by atoms with E-state index < -0.39 is 9.73 Å². The van der Waals surface area contributed by atoms with Gasteiger partial charge < -0.3 is 16.0 Å². The van der Waals surface area contributed by atoms with Crippen molar-refractivity contribution in [1.29, 1.82) is 0 Å². The molecular formula is C22H22N6O2S. The van der Waals surface area contributed by atoms with E-state index in [0.717, 1.165) is 16.7 Å². The zero-order valence-electron chi connectivity index (χ0n) is 17.1. The molecule has 0 spiro atoms. The highest BCUT2D eigenvalue weighted by Gasteiger charge is 2.16. The summed E-state index contributed by atoms with van der Waals surface area (Å²) in [6.07, 6.45) is 3.19. The van der Waals surface area contributed by atoms with Crippen LogP contribution < -0.4 is 11.5 Å². The molecule has 1 unspecified atom stereocenters. The van der Waals surface area contributed by atoms with Crippen molar-refractivity contribution >= 4 is 15.5 Å². The highest BCUT2D eigenvalue weighted by molar-refractivity contribution is 7.93. The minimum absolute atomic E-state index is 0.239. The van der Waals surface area contributed by atoms with E-state index in [1.807, 2.05) is 36.4 Å². The van der Waals surface area contributed by atoms with Crippen molar-refractivity contribution in [2.45, 2.75) is 11.4 Å². The summed E-state index contributed by atoms with van der Waals surface area (Å²) in [4.78, 5) is 9.54. The van der Waals surface area contributed by atoms with Crippen LogP contribution >= 0.6 is 0 Å². The van der Waals surface area contributed by atoms with E-state index in [9.17, 15) is 4.21 Å². The second-order valence-corrected chi connectivity index (χ2v) is 9.42. The van der Waals surface area contributed by atoms with Crippen molar-refractivity contribution in [3.8, 4) is 34.0 Å². The summed E-state index contributed by atoms with van der Waals surface area (Å²) in [6.45, 7) is 0.479. The Balaban J connectivity index is 1.67. The van der Waals surface area contributed by atoms with Crippen LogP contribution in [0.2, 0.25) is 0 Å². The molecule has 0 amide bonds. The molecule has 0 bridgehead atoms. The fraction of sp³-hybridized carbons (Fsp3) is 0.136. The van der Waals surface area contributed by atoms with Gasteiger partial charge in [-0.25, -0.2) is 18.5 Å². The van der Waals surface area contributed by atoms with Crippen molar-refractivity contribution in [3.63, 3.8) is 0 Å². The van der Waals surface area contributed by atoms with E-state index in [1.165, 1.54) is 0 Å². The van der Waals surface area contributed by atoms with Crippen molar-refractivity contribution < 1.29 is 8.73 Å². The van der Waals surface area contributed by atoms with Crippen molar-refractivity contribution in [2.24, 2.45) is 10.1 Å². The maximum absolute atomic E-state index is 12.4. The van der Waals surface area contributed by atoms with Gasteiger partial charge in [0.1, 0.15) is 5.69 Å². The first kappa shape index (κ1) is 20.7. The molecule has 2 aromatic carbocycles. The predicted octanol–water partition coefficient (Wildman–Crippen LogP) is 3.59. The molecular weight excluding hydrogens is 412 g/mol. The molecule has 1 atom stereocenters. The van der Waals surface area contributed by atoms with Gasteiger partial charge in [0.05, 0.1) is 21.6 Å². The van der Waals surface area contributed by atoms with Gasteiger partial charge in [0.2, 0.25) is 0 Å². The zero-order valence-corrected chi connectivity index (χ0v) is 18.0. The van der Waals surface area contributed by atoms with Gasteiger partial charge in [0, 0.05) is 41.9 Å². The fourth-order valence-corrected chi connectivity index (χ4v) is 3.89. The fourth-order valence-electron chi connectivity index (χ4n) is 3.04. The maximum Gasteiger partial charge on any atom is 0.189 e. The van der Waals surface area contributed by atoms with Crippen LogP contribution in [0.25, 0.3) is 34.0 Å². The quantitative estimate of drug-likeness (QED) is 0.490. The van der Waals surface area contributed by atoms with Crippen LogP contribution in [0.1, 0.15) is 5.56 Å². The van der Waals surface area contributed by atoms with E-state index in [-0.39, 0.29) is 5.82 Å². The van der Waals surface area contributed by atoms with E-state index in [0.29, 0.717) is 34.3 Å². The third-order valence-corrected chi connectivity index (χ3v) is 6.81. The van der Waals surface area contributed by atoms with E-state index in [2.05, 4.69) is 19.5 Å². The number of nitrogen functional groups attached to an aromatic ring is 1. The summed E-state index contributed by atoms with van der Waals surface area (Å²) in [5, 5.41) is 4.14. The molecule has 4 aromatic rings. The molecule has 9 heteroatoms. The first-order valence-corrected chi connectivity index (χ1v) is 11.4. The SMILES string of the molecule is CN=S(C)(=O)c1ccc(-c2cnc(N)c(-c3cc(-c4ccc(CN)cc4)no3)n2)cc1. The Labute approximate surface area is 180 Å². The third-order valence-electron chi connectivity index (χ3n) is 4.97. The van der Waals surface area contributed by atoms with Crippen LogP contribution in [0.15, 0.2) is 74.6 Å². The zero-order chi connectivity index (χ0) is 22.0. The number of nitrogens with zero attached hydrogens (tertiary/aromatic N) is 4.